The van der Waals surface area contributed by atoms with Crippen LogP contribution in [0, 0.1) is 17.2 Å². The van der Waals surface area contributed by atoms with E-state index >= 15 is 0 Å². The van der Waals surface area contributed by atoms with Gasteiger partial charge in [0, 0.05) is 57.5 Å². The Balaban J connectivity index is 1.05. The van der Waals surface area contributed by atoms with Gasteiger partial charge in [0.25, 0.3) is 5.91 Å². The molecule has 39 heavy (non-hydrogen) atoms. The molecule has 0 atom stereocenters. The number of amides is 1. The van der Waals surface area contributed by atoms with Crippen LogP contribution in [-0.4, -0.2) is 63.7 Å². The van der Waals surface area contributed by atoms with Gasteiger partial charge in [0.1, 0.15) is 17.5 Å². The van der Waals surface area contributed by atoms with Crippen LogP contribution in [0.1, 0.15) is 64.1 Å². The van der Waals surface area contributed by atoms with E-state index in [-0.39, 0.29) is 17.8 Å². The van der Waals surface area contributed by atoms with Crippen molar-refractivity contribution < 1.29 is 14.3 Å². The second kappa shape index (κ2) is 12.6. The lowest BCUT2D eigenvalue weighted by Crippen LogP contribution is -2.41. The Hall–Kier alpha value is -4.09. The Morgan fingerprint density at radius 2 is 1.64 bits per heavy atom. The maximum Gasteiger partial charge on any atom is 0.255 e. The Bertz CT molecular complexity index is 1290. The maximum atomic E-state index is 13.0. The first kappa shape index (κ1) is 26.5. The van der Waals surface area contributed by atoms with E-state index in [0.29, 0.717) is 42.2 Å². The highest BCUT2D eigenvalue weighted by atomic mass is 16.5. The third-order valence-corrected chi connectivity index (χ3v) is 7.65. The van der Waals surface area contributed by atoms with Crippen LogP contribution in [0.25, 0.3) is 0 Å². The van der Waals surface area contributed by atoms with E-state index in [9.17, 15) is 9.59 Å². The van der Waals surface area contributed by atoms with Crippen molar-refractivity contribution in [3.8, 4) is 11.8 Å². The number of piperidine rings is 2. The first-order chi connectivity index (χ1) is 19.1. The third-order valence-electron chi connectivity index (χ3n) is 7.65. The molecule has 2 saturated heterocycles. The van der Waals surface area contributed by atoms with Crippen molar-refractivity contribution in [3.63, 3.8) is 0 Å². The molecule has 2 aromatic heterocycles. The molecule has 1 aromatic carbocycles. The fourth-order valence-electron chi connectivity index (χ4n) is 5.31. The molecule has 1 amide bonds. The summed E-state index contributed by atoms with van der Waals surface area (Å²) in [6.07, 6.45) is 8.99. The predicted molar refractivity (Wildman–Crippen MR) is 146 cm³/mol. The van der Waals surface area contributed by atoms with Crippen LogP contribution in [0.5, 0.6) is 5.75 Å². The number of hydrogen-bond donors (Lipinski definition) is 0. The molecular weight excluding hydrogens is 490 g/mol. The minimum atomic E-state index is -0.0569. The topological polar surface area (TPSA) is 99.4 Å². The lowest BCUT2D eigenvalue weighted by Gasteiger charge is -2.32. The average Bonchev–Trinajstić information content (AvgIpc) is 2.99. The average molecular weight is 524 g/mol. The van der Waals surface area contributed by atoms with Crippen LogP contribution < -0.4 is 4.74 Å². The van der Waals surface area contributed by atoms with Crippen molar-refractivity contribution in [2.45, 2.75) is 44.8 Å². The standard InChI is InChI=1S/C31H33N5O3/c32-20-24-1-3-25(4-2-24)22-35-15-9-23(10-16-35)19-30(37)29-6-5-26(21-34-29)31(38)36-17-11-28(12-18-36)39-27-7-13-33-14-8-27/h1-8,13-14,21,23,28H,9-12,15-19,22H2. The van der Waals surface area contributed by atoms with Crippen molar-refractivity contribution in [1.82, 2.24) is 19.8 Å². The normalized spacial score (nSPS) is 16.9. The molecule has 0 radical (unpaired) electrons. The summed E-state index contributed by atoms with van der Waals surface area (Å²) in [5.41, 5.74) is 2.81. The van der Waals surface area contributed by atoms with Gasteiger partial charge in [0.2, 0.25) is 0 Å². The number of likely N-dealkylation sites (tertiary alicyclic amines) is 2. The van der Waals surface area contributed by atoms with Crippen LogP contribution in [0.2, 0.25) is 0 Å². The Kier molecular flexibility index (Phi) is 8.59. The van der Waals surface area contributed by atoms with Gasteiger partial charge >= 0.3 is 0 Å². The SMILES string of the molecule is N#Cc1ccc(CN2CCC(CC(=O)c3ccc(C(=O)N4CCC(Oc5ccncc5)CC4)cn3)CC2)cc1. The van der Waals surface area contributed by atoms with Crippen molar-refractivity contribution in [2.24, 2.45) is 5.92 Å². The summed E-state index contributed by atoms with van der Waals surface area (Å²) in [5, 5.41) is 8.96. The highest BCUT2D eigenvalue weighted by molar-refractivity contribution is 5.97. The van der Waals surface area contributed by atoms with Crippen molar-refractivity contribution >= 4 is 11.7 Å². The highest BCUT2D eigenvalue weighted by Crippen LogP contribution is 2.24. The van der Waals surface area contributed by atoms with Crippen molar-refractivity contribution in [3.05, 3.63) is 89.5 Å². The predicted octanol–water partition coefficient (Wildman–Crippen LogP) is 4.52. The zero-order valence-corrected chi connectivity index (χ0v) is 22.0. The summed E-state index contributed by atoms with van der Waals surface area (Å²) < 4.78 is 5.99. The number of aromatic nitrogens is 2. The van der Waals surface area contributed by atoms with Gasteiger partial charge in [-0.05, 0) is 73.8 Å². The molecule has 2 fully saturated rings. The van der Waals surface area contributed by atoms with Gasteiger partial charge in [0.05, 0.1) is 17.2 Å². The van der Waals surface area contributed by atoms with Crippen LogP contribution >= 0.6 is 0 Å². The molecule has 0 saturated carbocycles. The second-order valence-corrected chi connectivity index (χ2v) is 10.4. The lowest BCUT2D eigenvalue weighted by atomic mass is 9.90. The van der Waals surface area contributed by atoms with Crippen molar-refractivity contribution in [2.75, 3.05) is 26.2 Å². The number of ether oxygens (including phenoxy) is 1. The first-order valence-corrected chi connectivity index (χ1v) is 13.6. The van der Waals surface area contributed by atoms with E-state index < -0.39 is 0 Å². The van der Waals surface area contributed by atoms with E-state index in [1.165, 1.54) is 11.8 Å². The van der Waals surface area contributed by atoms with E-state index in [1.54, 1.807) is 24.5 Å². The van der Waals surface area contributed by atoms with Gasteiger partial charge in [-0.2, -0.15) is 5.26 Å². The number of nitriles is 1. The number of carbonyl (C=O) groups excluding carboxylic acids is 2. The summed E-state index contributed by atoms with van der Waals surface area (Å²) in [4.78, 5) is 38.5. The molecule has 2 aliphatic rings. The van der Waals surface area contributed by atoms with Crippen LogP contribution in [0.15, 0.2) is 67.1 Å². The van der Waals surface area contributed by atoms with E-state index in [1.807, 2.05) is 41.3 Å². The van der Waals surface area contributed by atoms with Gasteiger partial charge in [0.15, 0.2) is 5.78 Å². The summed E-state index contributed by atoms with van der Waals surface area (Å²) in [6.45, 7) is 4.00. The molecular formula is C31H33N5O3. The molecule has 3 aromatic rings. The van der Waals surface area contributed by atoms with Gasteiger partial charge < -0.3 is 9.64 Å². The fraction of sp³-hybridized carbons (Fsp3) is 0.387. The molecule has 0 spiro atoms. The fourth-order valence-corrected chi connectivity index (χ4v) is 5.31. The molecule has 2 aliphatic heterocycles. The van der Waals surface area contributed by atoms with Gasteiger partial charge in [-0.3, -0.25) is 24.5 Å². The van der Waals surface area contributed by atoms with Crippen molar-refractivity contribution in [1.29, 1.82) is 5.26 Å². The summed E-state index contributed by atoms with van der Waals surface area (Å²) >= 11 is 0. The minimum Gasteiger partial charge on any atom is -0.490 e. The Morgan fingerprint density at radius 3 is 2.28 bits per heavy atom. The molecule has 5 rings (SSSR count). The molecule has 0 unspecified atom stereocenters. The number of ketones is 1. The maximum absolute atomic E-state index is 13.0. The molecule has 0 bridgehead atoms. The number of Topliss-reactive ketones (excluding diaryl/α,β-unsaturated/α-hetero) is 1. The summed E-state index contributed by atoms with van der Waals surface area (Å²) in [5.74, 6) is 1.12. The van der Waals surface area contributed by atoms with Crippen LogP contribution in [0.4, 0.5) is 0 Å². The van der Waals surface area contributed by atoms with Crippen LogP contribution in [0.3, 0.4) is 0 Å². The third kappa shape index (κ3) is 7.06. The number of hydrogen-bond acceptors (Lipinski definition) is 7. The number of carbonyl (C=O) groups is 2. The summed E-state index contributed by atoms with van der Waals surface area (Å²) in [6, 6.07) is 17.0. The smallest absolute Gasteiger partial charge is 0.255 e. The zero-order chi connectivity index (χ0) is 27.0. The van der Waals surface area contributed by atoms with E-state index in [2.05, 4.69) is 20.9 Å². The largest absolute Gasteiger partial charge is 0.490 e. The number of rotatable bonds is 8. The molecule has 0 N–H and O–H groups in total. The monoisotopic (exact) mass is 523 g/mol. The van der Waals surface area contributed by atoms with E-state index in [0.717, 1.165) is 51.1 Å². The molecule has 8 nitrogen and oxygen atoms in total. The van der Waals surface area contributed by atoms with Crippen LogP contribution in [-0.2, 0) is 6.54 Å². The molecule has 8 heteroatoms. The highest BCUT2D eigenvalue weighted by Gasteiger charge is 2.26. The molecule has 4 heterocycles. The van der Waals surface area contributed by atoms with Gasteiger partial charge in [-0.1, -0.05) is 12.1 Å². The molecule has 200 valence electrons. The second-order valence-electron chi connectivity index (χ2n) is 10.4. The number of nitrogens with zero attached hydrogens (tertiary/aromatic N) is 5. The Morgan fingerprint density at radius 1 is 0.923 bits per heavy atom. The minimum absolute atomic E-state index is 0.0358. The lowest BCUT2D eigenvalue weighted by molar-refractivity contribution is 0.0594. The quantitative estimate of drug-likeness (QED) is 0.400. The van der Waals surface area contributed by atoms with Gasteiger partial charge in [-0.25, -0.2) is 0 Å². The first-order valence-electron chi connectivity index (χ1n) is 13.6. The molecule has 0 aliphatic carbocycles. The number of benzene rings is 1. The summed E-state index contributed by atoms with van der Waals surface area (Å²) in [7, 11) is 0. The number of pyridine rings is 2. The zero-order valence-electron chi connectivity index (χ0n) is 22.0. The Labute approximate surface area is 229 Å². The van der Waals surface area contributed by atoms with Gasteiger partial charge in [-0.15, -0.1) is 0 Å². The van der Waals surface area contributed by atoms with E-state index in [4.69, 9.17) is 10.00 Å².